The lowest BCUT2D eigenvalue weighted by atomic mass is 10.2. The molecule has 1 aromatic carbocycles. The maximum Gasteiger partial charge on any atom is 0.183 e. The van der Waals surface area contributed by atoms with Crippen LogP contribution in [0.4, 0.5) is 5.13 Å². The summed E-state index contributed by atoms with van der Waals surface area (Å²) in [6.07, 6.45) is 2.85. The molecule has 0 saturated carbocycles. The van der Waals surface area contributed by atoms with E-state index in [9.17, 15) is 0 Å². The largest absolute Gasteiger partial charge is 0.373 e. The summed E-state index contributed by atoms with van der Waals surface area (Å²) in [7, 11) is 0. The molecule has 4 nitrogen and oxygen atoms in total. The molecule has 6 heteroatoms. The topological polar surface area (TPSA) is 37.4 Å². The molecule has 2 atom stereocenters. The molecule has 2 aliphatic heterocycles. The average molecular weight is 324 g/mol. The van der Waals surface area contributed by atoms with Crippen molar-refractivity contribution >= 4 is 38.3 Å². The van der Waals surface area contributed by atoms with E-state index >= 15 is 0 Å². The van der Waals surface area contributed by atoms with Crippen molar-refractivity contribution in [3.8, 4) is 0 Å². The number of nitrogens with zero attached hydrogens (tertiary/aromatic N) is 2. The molecular formula is C15H18ClN3OS. The number of nitrogens with one attached hydrogen (secondary N) is 1. The van der Waals surface area contributed by atoms with Crippen molar-refractivity contribution in [1.29, 1.82) is 0 Å². The number of hydrogen-bond acceptors (Lipinski definition) is 5. The number of morpholine rings is 1. The van der Waals surface area contributed by atoms with Crippen LogP contribution >= 0.6 is 22.9 Å². The first-order chi connectivity index (χ1) is 10.3. The smallest absolute Gasteiger partial charge is 0.183 e. The fourth-order valence-electron chi connectivity index (χ4n) is 3.20. The summed E-state index contributed by atoms with van der Waals surface area (Å²) < 4.78 is 7.01. The summed E-state index contributed by atoms with van der Waals surface area (Å²) >= 11 is 7.80. The Labute approximate surface area is 133 Å². The van der Waals surface area contributed by atoms with Crippen LogP contribution in [-0.4, -0.2) is 48.3 Å². The first-order valence-corrected chi connectivity index (χ1v) is 8.63. The normalized spacial score (nSPS) is 26.1. The second-order valence-electron chi connectivity index (χ2n) is 5.73. The molecule has 2 saturated heterocycles. The summed E-state index contributed by atoms with van der Waals surface area (Å²) in [6.45, 7) is 3.93. The number of anilines is 1. The lowest BCUT2D eigenvalue weighted by molar-refractivity contribution is -0.0415. The van der Waals surface area contributed by atoms with E-state index in [0.29, 0.717) is 6.04 Å². The number of thiazole rings is 1. The summed E-state index contributed by atoms with van der Waals surface area (Å²) in [5.74, 6) is 0. The number of aromatic nitrogens is 1. The van der Waals surface area contributed by atoms with E-state index < -0.39 is 0 Å². The molecule has 2 aromatic rings. The van der Waals surface area contributed by atoms with Crippen LogP contribution in [-0.2, 0) is 4.74 Å². The maximum absolute atomic E-state index is 6.19. The van der Waals surface area contributed by atoms with E-state index in [-0.39, 0.29) is 6.10 Å². The number of hydrogen-bond donors (Lipinski definition) is 1. The minimum Gasteiger partial charge on any atom is -0.373 e. The van der Waals surface area contributed by atoms with Gasteiger partial charge in [-0.3, -0.25) is 4.90 Å². The average Bonchev–Trinajstić information content (AvgIpc) is 3.11. The van der Waals surface area contributed by atoms with Crippen LogP contribution in [0.3, 0.4) is 0 Å². The third-order valence-corrected chi connectivity index (χ3v) is 5.80. The molecule has 0 amide bonds. The highest BCUT2D eigenvalue weighted by molar-refractivity contribution is 7.22. The van der Waals surface area contributed by atoms with Gasteiger partial charge < -0.3 is 10.1 Å². The first kappa shape index (κ1) is 13.8. The number of rotatable bonds is 3. The van der Waals surface area contributed by atoms with Crippen molar-refractivity contribution in [1.82, 2.24) is 9.88 Å². The van der Waals surface area contributed by atoms with E-state index in [1.54, 1.807) is 11.3 Å². The maximum atomic E-state index is 6.19. The zero-order chi connectivity index (χ0) is 14.2. The van der Waals surface area contributed by atoms with Gasteiger partial charge in [0.05, 0.1) is 28.0 Å². The van der Waals surface area contributed by atoms with E-state index in [2.05, 4.69) is 15.2 Å². The molecular weight excluding hydrogens is 306 g/mol. The number of fused-ring (bicyclic) bond motifs is 2. The third-order valence-electron chi connectivity index (χ3n) is 4.31. The standard InChI is InChI=1S/C15H18ClN3OS/c16-12-4-1-5-13-14(12)21-15(18-13)17-7-11-8-19-6-2-3-10(19)9-20-11/h1,4-5,10-11H,2-3,6-9H2,(H,17,18). The minimum absolute atomic E-state index is 0.252. The van der Waals surface area contributed by atoms with Gasteiger partial charge in [0.15, 0.2) is 5.13 Å². The Hall–Kier alpha value is -0.880. The van der Waals surface area contributed by atoms with Crippen LogP contribution in [0, 0.1) is 0 Å². The van der Waals surface area contributed by atoms with E-state index in [0.717, 1.165) is 40.1 Å². The molecule has 2 fully saturated rings. The van der Waals surface area contributed by atoms with Gasteiger partial charge in [0.25, 0.3) is 0 Å². The number of ether oxygens (including phenoxy) is 1. The molecule has 0 bridgehead atoms. The second kappa shape index (κ2) is 5.72. The van der Waals surface area contributed by atoms with E-state index in [4.69, 9.17) is 16.3 Å². The molecule has 0 spiro atoms. The van der Waals surface area contributed by atoms with Crippen LogP contribution in [0.25, 0.3) is 10.2 Å². The Morgan fingerprint density at radius 2 is 2.43 bits per heavy atom. The predicted octanol–water partition coefficient (Wildman–Crippen LogP) is 3.22. The summed E-state index contributed by atoms with van der Waals surface area (Å²) in [4.78, 5) is 7.14. The van der Waals surface area contributed by atoms with Gasteiger partial charge in [-0.2, -0.15) is 0 Å². The Kier molecular flexibility index (Phi) is 3.75. The van der Waals surface area contributed by atoms with Crippen molar-refractivity contribution in [2.24, 2.45) is 0 Å². The zero-order valence-electron chi connectivity index (χ0n) is 11.7. The molecule has 112 valence electrons. The van der Waals surface area contributed by atoms with Gasteiger partial charge in [-0.05, 0) is 31.5 Å². The molecule has 0 radical (unpaired) electrons. The van der Waals surface area contributed by atoms with Crippen molar-refractivity contribution in [3.05, 3.63) is 23.2 Å². The van der Waals surface area contributed by atoms with E-state index in [1.807, 2.05) is 18.2 Å². The van der Waals surface area contributed by atoms with Crippen LogP contribution in [0.2, 0.25) is 5.02 Å². The lowest BCUT2D eigenvalue weighted by Crippen LogP contribution is -2.48. The van der Waals surface area contributed by atoms with Gasteiger partial charge in [-0.1, -0.05) is 29.0 Å². The number of halogens is 1. The zero-order valence-corrected chi connectivity index (χ0v) is 13.3. The third kappa shape index (κ3) is 2.75. The van der Waals surface area contributed by atoms with Gasteiger partial charge in [0.1, 0.15) is 0 Å². The fraction of sp³-hybridized carbons (Fsp3) is 0.533. The van der Waals surface area contributed by atoms with Crippen LogP contribution < -0.4 is 5.32 Å². The van der Waals surface area contributed by atoms with Crippen LogP contribution in [0.1, 0.15) is 12.8 Å². The van der Waals surface area contributed by atoms with Crippen molar-refractivity contribution in [2.75, 3.05) is 31.6 Å². The van der Waals surface area contributed by atoms with Crippen molar-refractivity contribution in [2.45, 2.75) is 25.0 Å². The Morgan fingerprint density at radius 1 is 1.48 bits per heavy atom. The molecule has 0 aliphatic carbocycles. The van der Waals surface area contributed by atoms with Crippen LogP contribution in [0.15, 0.2) is 18.2 Å². The summed E-state index contributed by atoms with van der Waals surface area (Å²) in [5.41, 5.74) is 0.958. The lowest BCUT2D eigenvalue weighted by Gasteiger charge is -2.35. The monoisotopic (exact) mass is 323 g/mol. The van der Waals surface area contributed by atoms with Gasteiger partial charge in [-0.15, -0.1) is 0 Å². The fourth-order valence-corrected chi connectivity index (χ4v) is 4.36. The van der Waals surface area contributed by atoms with Gasteiger partial charge >= 0.3 is 0 Å². The Morgan fingerprint density at radius 3 is 3.33 bits per heavy atom. The highest BCUT2D eigenvalue weighted by Crippen LogP contribution is 2.32. The quantitative estimate of drug-likeness (QED) is 0.941. The highest BCUT2D eigenvalue weighted by Gasteiger charge is 2.32. The first-order valence-electron chi connectivity index (χ1n) is 7.44. The second-order valence-corrected chi connectivity index (χ2v) is 7.14. The molecule has 1 aromatic heterocycles. The summed E-state index contributed by atoms with van der Waals surface area (Å²) in [6, 6.07) is 6.49. The molecule has 3 heterocycles. The van der Waals surface area contributed by atoms with E-state index in [1.165, 1.54) is 19.4 Å². The molecule has 4 rings (SSSR count). The Bertz CT molecular complexity index is 647. The molecule has 2 unspecified atom stereocenters. The molecule has 1 N–H and O–H groups in total. The van der Waals surface area contributed by atoms with Crippen molar-refractivity contribution < 1.29 is 4.74 Å². The minimum atomic E-state index is 0.252. The van der Waals surface area contributed by atoms with Gasteiger partial charge in [0, 0.05) is 19.1 Å². The molecule has 21 heavy (non-hydrogen) atoms. The van der Waals surface area contributed by atoms with Gasteiger partial charge in [0.2, 0.25) is 0 Å². The Balaban J connectivity index is 1.40. The number of benzene rings is 1. The van der Waals surface area contributed by atoms with Gasteiger partial charge in [-0.25, -0.2) is 4.98 Å². The molecule has 2 aliphatic rings. The van der Waals surface area contributed by atoms with Crippen molar-refractivity contribution in [3.63, 3.8) is 0 Å². The SMILES string of the molecule is Clc1cccc2nc(NCC3CN4CCCC4CO3)sc12. The highest BCUT2D eigenvalue weighted by atomic mass is 35.5. The van der Waals surface area contributed by atoms with Crippen LogP contribution in [0.5, 0.6) is 0 Å². The summed E-state index contributed by atoms with van der Waals surface area (Å²) in [5, 5.41) is 5.10. The predicted molar refractivity (Wildman–Crippen MR) is 87.5 cm³/mol.